The van der Waals surface area contributed by atoms with E-state index < -0.39 is 17.5 Å². The summed E-state index contributed by atoms with van der Waals surface area (Å²) in [5, 5.41) is 11.4. The Balaban J connectivity index is 1.64. The smallest absolute Gasteiger partial charge is 0.311 e. The summed E-state index contributed by atoms with van der Waals surface area (Å²) in [6.45, 7) is 2.26. The van der Waals surface area contributed by atoms with Crippen LogP contribution in [0.3, 0.4) is 0 Å². The molecule has 0 N–H and O–H groups in total. The van der Waals surface area contributed by atoms with E-state index in [1.165, 1.54) is 18.2 Å². The summed E-state index contributed by atoms with van der Waals surface area (Å²) in [6, 6.07) is 13.7. The maximum absolute atomic E-state index is 12.7. The van der Waals surface area contributed by atoms with Gasteiger partial charge in [0.2, 0.25) is 0 Å². The van der Waals surface area contributed by atoms with Crippen LogP contribution in [0.1, 0.15) is 18.9 Å². The van der Waals surface area contributed by atoms with Gasteiger partial charge in [-0.3, -0.25) is 19.7 Å². The van der Waals surface area contributed by atoms with Crippen LogP contribution in [0.15, 0.2) is 53.4 Å². The normalized spacial score (nSPS) is 16.0. The maximum Gasteiger partial charge on any atom is 0.311 e. The Morgan fingerprint density at radius 3 is 2.71 bits per heavy atom. The molecule has 1 aliphatic heterocycles. The third kappa shape index (κ3) is 4.69. The highest BCUT2D eigenvalue weighted by Gasteiger charge is 2.25. The Hall–Kier alpha value is -2.87. The van der Waals surface area contributed by atoms with Gasteiger partial charge in [-0.1, -0.05) is 37.3 Å². The summed E-state index contributed by atoms with van der Waals surface area (Å²) in [5.74, 6) is -0.980. The molecule has 2 aromatic rings. The second-order valence-corrected chi connectivity index (χ2v) is 7.93. The average molecular weight is 400 g/mol. The van der Waals surface area contributed by atoms with Crippen LogP contribution in [0, 0.1) is 10.1 Å². The molecule has 0 saturated carbocycles. The zero-order chi connectivity index (χ0) is 20.1. The van der Waals surface area contributed by atoms with Crippen molar-refractivity contribution in [3.8, 4) is 0 Å². The van der Waals surface area contributed by atoms with Gasteiger partial charge in [-0.25, -0.2) is 0 Å². The standard InChI is InChI=1S/C20H20N2O5S/c1-14-10-11-21(17-8-4-5-9-18(17)28-14)19(23)13-27-20(24)12-15-6-2-3-7-16(15)22(25)26/h2-9,14H,10-13H2,1H3. The molecule has 0 aromatic heterocycles. The number of thioether (sulfide) groups is 1. The summed E-state index contributed by atoms with van der Waals surface area (Å²) in [7, 11) is 0. The lowest BCUT2D eigenvalue weighted by Crippen LogP contribution is -2.36. The minimum atomic E-state index is -0.673. The Morgan fingerprint density at radius 2 is 1.93 bits per heavy atom. The number of ether oxygens (including phenoxy) is 1. The zero-order valence-corrected chi connectivity index (χ0v) is 16.2. The predicted octanol–water partition coefficient (Wildman–Crippen LogP) is 3.60. The highest BCUT2D eigenvalue weighted by molar-refractivity contribution is 8.00. The van der Waals surface area contributed by atoms with Gasteiger partial charge < -0.3 is 9.64 Å². The van der Waals surface area contributed by atoms with Crippen LogP contribution in [0.4, 0.5) is 11.4 Å². The number of hydrogen-bond acceptors (Lipinski definition) is 6. The summed E-state index contributed by atoms with van der Waals surface area (Å²) in [4.78, 5) is 38.0. The molecule has 1 aliphatic rings. The largest absolute Gasteiger partial charge is 0.455 e. The number of rotatable bonds is 5. The average Bonchev–Trinajstić information content (AvgIpc) is 2.84. The van der Waals surface area contributed by atoms with Gasteiger partial charge in [-0.2, -0.15) is 0 Å². The summed E-state index contributed by atoms with van der Waals surface area (Å²) < 4.78 is 5.12. The number of carbonyl (C=O) groups excluding carboxylic acids is 2. The summed E-state index contributed by atoms with van der Waals surface area (Å²) in [5.41, 5.74) is 0.935. The molecule has 0 spiro atoms. The monoisotopic (exact) mass is 400 g/mol. The number of nitro benzene ring substituents is 1. The second-order valence-electron chi connectivity index (χ2n) is 6.45. The molecule has 1 amide bonds. The first-order chi connectivity index (χ1) is 13.5. The third-order valence-electron chi connectivity index (χ3n) is 4.42. The number of esters is 1. The summed E-state index contributed by atoms with van der Waals surface area (Å²) >= 11 is 1.72. The van der Waals surface area contributed by atoms with Crippen molar-refractivity contribution in [2.24, 2.45) is 0 Å². The minimum absolute atomic E-state index is 0.141. The van der Waals surface area contributed by atoms with E-state index in [1.807, 2.05) is 24.3 Å². The van der Waals surface area contributed by atoms with Gasteiger partial charge in [-0.05, 0) is 18.6 Å². The van der Waals surface area contributed by atoms with Crippen LogP contribution >= 0.6 is 11.8 Å². The number of hydrogen-bond donors (Lipinski definition) is 0. The van der Waals surface area contributed by atoms with Crippen LogP contribution in [0.2, 0.25) is 0 Å². The number of para-hydroxylation sites is 2. The zero-order valence-electron chi connectivity index (χ0n) is 15.4. The van der Waals surface area contributed by atoms with E-state index in [1.54, 1.807) is 22.7 Å². The molecule has 0 fully saturated rings. The van der Waals surface area contributed by atoms with Gasteiger partial charge in [0.25, 0.3) is 11.6 Å². The first-order valence-electron chi connectivity index (χ1n) is 8.89. The molecule has 2 aromatic carbocycles. The van der Waals surface area contributed by atoms with E-state index in [4.69, 9.17) is 4.74 Å². The molecule has 0 aliphatic carbocycles. The molecule has 7 nitrogen and oxygen atoms in total. The van der Waals surface area contributed by atoms with Gasteiger partial charge in [0.15, 0.2) is 6.61 Å². The molecular weight excluding hydrogens is 380 g/mol. The van der Waals surface area contributed by atoms with Crippen molar-refractivity contribution in [1.82, 2.24) is 0 Å². The molecule has 1 unspecified atom stereocenters. The summed E-state index contributed by atoms with van der Waals surface area (Å²) in [6.07, 6.45) is 0.573. The quantitative estimate of drug-likeness (QED) is 0.433. The van der Waals surface area contributed by atoms with Crippen molar-refractivity contribution >= 4 is 35.0 Å². The maximum atomic E-state index is 12.7. The van der Waals surface area contributed by atoms with Crippen molar-refractivity contribution in [3.05, 3.63) is 64.2 Å². The van der Waals surface area contributed by atoms with E-state index in [0.717, 1.165) is 17.0 Å². The number of nitro groups is 1. The van der Waals surface area contributed by atoms with Crippen molar-refractivity contribution < 1.29 is 19.2 Å². The van der Waals surface area contributed by atoms with Gasteiger partial charge in [0, 0.05) is 28.3 Å². The molecular formula is C20H20N2O5S. The SMILES string of the molecule is CC1CCN(C(=O)COC(=O)Cc2ccccc2[N+](=O)[O-])c2ccccc2S1. The molecule has 1 atom stereocenters. The van der Waals surface area contributed by atoms with Gasteiger partial charge >= 0.3 is 5.97 Å². The van der Waals surface area contributed by atoms with Crippen molar-refractivity contribution in [2.75, 3.05) is 18.1 Å². The first kappa shape index (κ1) is 19.9. The van der Waals surface area contributed by atoms with Crippen LogP contribution in [0.5, 0.6) is 0 Å². The lowest BCUT2D eigenvalue weighted by Gasteiger charge is -2.22. The lowest BCUT2D eigenvalue weighted by atomic mass is 10.1. The number of amides is 1. The number of carbonyl (C=O) groups is 2. The predicted molar refractivity (Wildman–Crippen MR) is 106 cm³/mol. The molecule has 1 heterocycles. The Labute approximate surface area is 166 Å². The van der Waals surface area contributed by atoms with Gasteiger partial charge in [-0.15, -0.1) is 11.8 Å². The van der Waals surface area contributed by atoms with E-state index >= 15 is 0 Å². The second kappa shape index (κ2) is 8.88. The number of fused-ring (bicyclic) bond motifs is 1. The van der Waals surface area contributed by atoms with Gasteiger partial charge in [0.1, 0.15) is 0 Å². The van der Waals surface area contributed by atoms with Crippen LogP contribution in [0.25, 0.3) is 0 Å². The van der Waals surface area contributed by atoms with E-state index in [0.29, 0.717) is 11.8 Å². The fourth-order valence-electron chi connectivity index (χ4n) is 3.01. The highest BCUT2D eigenvalue weighted by atomic mass is 32.2. The third-order valence-corrected chi connectivity index (χ3v) is 5.66. The molecule has 3 rings (SSSR count). The van der Waals surface area contributed by atoms with Crippen molar-refractivity contribution in [2.45, 2.75) is 29.9 Å². The van der Waals surface area contributed by atoms with E-state index in [-0.39, 0.29) is 23.6 Å². The topological polar surface area (TPSA) is 89.8 Å². The van der Waals surface area contributed by atoms with Crippen LogP contribution in [-0.2, 0) is 20.7 Å². The van der Waals surface area contributed by atoms with E-state index in [9.17, 15) is 19.7 Å². The minimum Gasteiger partial charge on any atom is -0.455 e. The molecule has 0 radical (unpaired) electrons. The van der Waals surface area contributed by atoms with Crippen LogP contribution < -0.4 is 4.90 Å². The molecule has 146 valence electrons. The van der Waals surface area contributed by atoms with Crippen LogP contribution in [-0.4, -0.2) is 35.2 Å². The Kier molecular flexibility index (Phi) is 6.30. The molecule has 0 saturated heterocycles. The number of benzene rings is 2. The lowest BCUT2D eigenvalue weighted by molar-refractivity contribution is -0.385. The number of nitrogens with zero attached hydrogens (tertiary/aromatic N) is 2. The fourth-order valence-corrected chi connectivity index (χ4v) is 4.12. The van der Waals surface area contributed by atoms with Gasteiger partial charge in [0.05, 0.1) is 17.0 Å². The van der Waals surface area contributed by atoms with E-state index in [2.05, 4.69) is 6.92 Å². The highest BCUT2D eigenvalue weighted by Crippen LogP contribution is 2.37. The Bertz CT molecular complexity index is 902. The van der Waals surface area contributed by atoms with Crippen molar-refractivity contribution in [1.29, 1.82) is 0 Å². The molecule has 8 heteroatoms. The van der Waals surface area contributed by atoms with Crippen molar-refractivity contribution in [3.63, 3.8) is 0 Å². The first-order valence-corrected chi connectivity index (χ1v) is 9.77. The fraction of sp³-hybridized carbons (Fsp3) is 0.300. The Morgan fingerprint density at radius 1 is 1.21 bits per heavy atom. The molecule has 28 heavy (non-hydrogen) atoms. The molecule has 0 bridgehead atoms. The number of anilines is 1.